The highest BCUT2D eigenvalue weighted by molar-refractivity contribution is 5.95. The van der Waals surface area contributed by atoms with Gasteiger partial charge in [-0.2, -0.15) is 0 Å². The number of benzene rings is 1. The largest absolute Gasteiger partial charge is 0.324 e. The van der Waals surface area contributed by atoms with Crippen LogP contribution in [0.5, 0.6) is 0 Å². The summed E-state index contributed by atoms with van der Waals surface area (Å²) in [6.45, 7) is 2.95. The molecular weight excluding hydrogens is 200 g/mol. The van der Waals surface area contributed by atoms with Crippen LogP contribution in [-0.2, 0) is 4.79 Å². The summed E-state index contributed by atoms with van der Waals surface area (Å²) in [5.74, 6) is 0.0917. The van der Waals surface area contributed by atoms with Crippen molar-refractivity contribution in [3.63, 3.8) is 0 Å². The first-order valence-corrected chi connectivity index (χ1v) is 5.87. The highest BCUT2D eigenvalue weighted by atomic mass is 16.2. The summed E-state index contributed by atoms with van der Waals surface area (Å²) in [4.78, 5) is 11.9. The molecule has 1 aromatic carbocycles. The Kier molecular flexibility index (Phi) is 3.57. The lowest BCUT2D eigenvalue weighted by Gasteiger charge is -2.22. The second-order valence-corrected chi connectivity index (χ2v) is 4.31. The third-order valence-electron chi connectivity index (χ3n) is 3.03. The number of carbonyl (C=O) groups excluding carboxylic acids is 1. The maximum Gasteiger partial charge on any atom is 0.241 e. The minimum atomic E-state index is -0.0200. The number of aryl methyl sites for hydroxylation is 1. The summed E-state index contributed by atoms with van der Waals surface area (Å²) in [5.41, 5.74) is 2.02. The van der Waals surface area contributed by atoms with Crippen molar-refractivity contribution in [2.45, 2.75) is 32.2 Å². The first-order valence-electron chi connectivity index (χ1n) is 5.87. The van der Waals surface area contributed by atoms with Gasteiger partial charge in [-0.25, -0.2) is 0 Å². The van der Waals surface area contributed by atoms with Gasteiger partial charge in [0.15, 0.2) is 0 Å². The number of hydrogen-bond acceptors (Lipinski definition) is 2. The minimum Gasteiger partial charge on any atom is -0.324 e. The fraction of sp³-hybridized carbons (Fsp3) is 0.462. The minimum absolute atomic E-state index is 0.0200. The lowest BCUT2D eigenvalue weighted by molar-refractivity contribution is -0.118. The van der Waals surface area contributed by atoms with Crippen LogP contribution in [0.15, 0.2) is 24.3 Å². The molecule has 1 amide bonds. The van der Waals surface area contributed by atoms with Crippen molar-refractivity contribution in [1.82, 2.24) is 5.32 Å². The second kappa shape index (κ2) is 5.12. The van der Waals surface area contributed by atoms with E-state index in [1.807, 2.05) is 31.2 Å². The average molecular weight is 218 g/mol. The molecule has 1 aliphatic heterocycles. The molecule has 3 heteroatoms. The molecule has 1 aromatic rings. The van der Waals surface area contributed by atoms with E-state index in [4.69, 9.17) is 0 Å². The summed E-state index contributed by atoms with van der Waals surface area (Å²) in [6.07, 6.45) is 3.25. The first kappa shape index (κ1) is 11.1. The molecule has 1 fully saturated rings. The van der Waals surface area contributed by atoms with Gasteiger partial charge in [0.1, 0.15) is 0 Å². The SMILES string of the molecule is Cc1ccccc1NC(=O)C1CCCCN1. The van der Waals surface area contributed by atoms with Gasteiger partial charge in [0, 0.05) is 5.69 Å². The van der Waals surface area contributed by atoms with Crippen molar-refractivity contribution in [3.8, 4) is 0 Å². The fourth-order valence-corrected chi connectivity index (χ4v) is 2.01. The number of para-hydroxylation sites is 1. The monoisotopic (exact) mass is 218 g/mol. The lowest BCUT2D eigenvalue weighted by Crippen LogP contribution is -2.43. The number of rotatable bonds is 2. The molecule has 0 radical (unpaired) electrons. The molecule has 0 aromatic heterocycles. The van der Waals surface area contributed by atoms with E-state index < -0.39 is 0 Å². The Morgan fingerprint density at radius 3 is 2.88 bits per heavy atom. The number of carbonyl (C=O) groups is 1. The Bertz CT molecular complexity index is 370. The number of hydrogen-bond donors (Lipinski definition) is 2. The highest BCUT2D eigenvalue weighted by Gasteiger charge is 2.20. The van der Waals surface area contributed by atoms with Crippen molar-refractivity contribution in [2.75, 3.05) is 11.9 Å². The predicted octanol–water partition coefficient (Wildman–Crippen LogP) is 2.08. The molecule has 1 heterocycles. The Balaban J connectivity index is 1.99. The molecule has 16 heavy (non-hydrogen) atoms. The topological polar surface area (TPSA) is 41.1 Å². The van der Waals surface area contributed by atoms with Gasteiger partial charge >= 0.3 is 0 Å². The molecule has 0 spiro atoms. The van der Waals surface area contributed by atoms with Gasteiger partial charge in [0.25, 0.3) is 0 Å². The van der Waals surface area contributed by atoms with E-state index in [2.05, 4.69) is 10.6 Å². The van der Waals surface area contributed by atoms with E-state index in [0.29, 0.717) is 0 Å². The van der Waals surface area contributed by atoms with Gasteiger partial charge in [0.2, 0.25) is 5.91 Å². The average Bonchev–Trinajstić information content (AvgIpc) is 2.33. The summed E-state index contributed by atoms with van der Waals surface area (Å²) in [6, 6.07) is 7.84. The van der Waals surface area contributed by atoms with E-state index in [9.17, 15) is 4.79 Å². The molecule has 1 saturated heterocycles. The molecule has 0 bridgehead atoms. The van der Waals surface area contributed by atoms with Crippen molar-refractivity contribution in [3.05, 3.63) is 29.8 Å². The maximum atomic E-state index is 11.9. The first-order chi connectivity index (χ1) is 7.77. The molecule has 2 N–H and O–H groups in total. The zero-order valence-corrected chi connectivity index (χ0v) is 9.62. The normalized spacial score (nSPS) is 20.4. The van der Waals surface area contributed by atoms with Crippen LogP contribution >= 0.6 is 0 Å². The fourth-order valence-electron chi connectivity index (χ4n) is 2.01. The standard InChI is InChI=1S/C13H18N2O/c1-10-6-2-3-7-11(10)15-13(16)12-8-4-5-9-14-12/h2-3,6-7,12,14H,4-5,8-9H2,1H3,(H,15,16). The highest BCUT2D eigenvalue weighted by Crippen LogP contribution is 2.15. The van der Waals surface area contributed by atoms with Crippen LogP contribution in [0.25, 0.3) is 0 Å². The molecule has 2 rings (SSSR count). The van der Waals surface area contributed by atoms with Crippen molar-refractivity contribution in [1.29, 1.82) is 0 Å². The van der Waals surface area contributed by atoms with Gasteiger partial charge < -0.3 is 10.6 Å². The van der Waals surface area contributed by atoms with Crippen molar-refractivity contribution in [2.24, 2.45) is 0 Å². The van der Waals surface area contributed by atoms with Gasteiger partial charge in [-0.1, -0.05) is 24.6 Å². The smallest absolute Gasteiger partial charge is 0.241 e. The van der Waals surface area contributed by atoms with E-state index in [0.717, 1.165) is 30.6 Å². The van der Waals surface area contributed by atoms with Gasteiger partial charge in [-0.15, -0.1) is 0 Å². The van der Waals surface area contributed by atoms with E-state index >= 15 is 0 Å². The molecule has 1 unspecified atom stereocenters. The zero-order valence-electron chi connectivity index (χ0n) is 9.62. The Morgan fingerprint density at radius 1 is 1.38 bits per heavy atom. The maximum absolute atomic E-state index is 11.9. The van der Waals surface area contributed by atoms with Crippen molar-refractivity contribution < 1.29 is 4.79 Å². The summed E-state index contributed by atoms with van der Waals surface area (Å²) in [5, 5.41) is 6.22. The van der Waals surface area contributed by atoms with Gasteiger partial charge in [0.05, 0.1) is 6.04 Å². The molecule has 0 aliphatic carbocycles. The molecule has 0 saturated carbocycles. The molecule has 1 atom stereocenters. The quantitative estimate of drug-likeness (QED) is 0.798. The molecule has 86 valence electrons. The molecule has 1 aliphatic rings. The Morgan fingerprint density at radius 2 is 2.19 bits per heavy atom. The number of amides is 1. The second-order valence-electron chi connectivity index (χ2n) is 4.31. The molecular formula is C13H18N2O. The van der Waals surface area contributed by atoms with Gasteiger partial charge in [-0.05, 0) is 37.9 Å². The van der Waals surface area contributed by atoms with E-state index in [1.165, 1.54) is 6.42 Å². The van der Waals surface area contributed by atoms with Crippen LogP contribution in [0, 0.1) is 6.92 Å². The van der Waals surface area contributed by atoms with Gasteiger partial charge in [-0.3, -0.25) is 4.79 Å². The summed E-state index contributed by atoms with van der Waals surface area (Å²) in [7, 11) is 0. The third-order valence-corrected chi connectivity index (χ3v) is 3.03. The number of piperidine rings is 1. The predicted molar refractivity (Wildman–Crippen MR) is 65.5 cm³/mol. The van der Waals surface area contributed by atoms with Crippen LogP contribution in [0.3, 0.4) is 0 Å². The van der Waals surface area contributed by atoms with Crippen molar-refractivity contribution >= 4 is 11.6 Å². The zero-order chi connectivity index (χ0) is 11.4. The third kappa shape index (κ3) is 2.61. The summed E-state index contributed by atoms with van der Waals surface area (Å²) < 4.78 is 0. The van der Waals surface area contributed by atoms with Crippen LogP contribution < -0.4 is 10.6 Å². The Labute approximate surface area is 96.2 Å². The lowest BCUT2D eigenvalue weighted by atomic mass is 10.0. The van der Waals surface area contributed by atoms with E-state index in [-0.39, 0.29) is 11.9 Å². The Hall–Kier alpha value is -1.35. The number of nitrogens with one attached hydrogen (secondary N) is 2. The van der Waals surface area contributed by atoms with E-state index in [1.54, 1.807) is 0 Å². The van der Waals surface area contributed by atoms with Crippen LogP contribution in [-0.4, -0.2) is 18.5 Å². The van der Waals surface area contributed by atoms with Crippen LogP contribution in [0.2, 0.25) is 0 Å². The van der Waals surface area contributed by atoms with Crippen LogP contribution in [0.4, 0.5) is 5.69 Å². The molecule has 3 nitrogen and oxygen atoms in total. The van der Waals surface area contributed by atoms with Crippen LogP contribution in [0.1, 0.15) is 24.8 Å². The summed E-state index contributed by atoms with van der Waals surface area (Å²) >= 11 is 0. The number of anilines is 1.